The van der Waals surface area contributed by atoms with Crippen molar-refractivity contribution < 1.29 is 14.5 Å². The molecule has 0 radical (unpaired) electrons. The minimum Gasteiger partial charge on any atom is -0.459 e. The van der Waals surface area contributed by atoms with Crippen LogP contribution >= 0.6 is 11.6 Å². The lowest BCUT2D eigenvalue weighted by molar-refractivity contribution is -0.385. The maximum absolute atomic E-state index is 11.6. The van der Waals surface area contributed by atoms with Gasteiger partial charge in [0.05, 0.1) is 11.0 Å². The molecule has 1 atom stereocenters. The highest BCUT2D eigenvalue weighted by molar-refractivity contribution is 6.32. The van der Waals surface area contributed by atoms with Gasteiger partial charge < -0.3 is 4.74 Å². The molecule has 1 heterocycles. The van der Waals surface area contributed by atoms with Crippen molar-refractivity contribution in [2.45, 2.75) is 26.4 Å². The van der Waals surface area contributed by atoms with Gasteiger partial charge in [0.25, 0.3) is 5.69 Å². The zero-order valence-electron chi connectivity index (χ0n) is 9.34. The molecule has 0 saturated carbocycles. The van der Waals surface area contributed by atoms with Gasteiger partial charge in [0.1, 0.15) is 16.9 Å². The van der Waals surface area contributed by atoms with Gasteiger partial charge in [0.15, 0.2) is 0 Å². The Balaban J connectivity index is 3.00. The van der Waals surface area contributed by atoms with Crippen molar-refractivity contribution in [2.75, 3.05) is 0 Å². The summed E-state index contributed by atoms with van der Waals surface area (Å²) in [6.07, 6.45) is 1.35. The maximum atomic E-state index is 11.6. The monoisotopic (exact) mass is 258 g/mol. The second-order valence-electron chi connectivity index (χ2n) is 3.41. The number of carbonyl (C=O) groups is 1. The highest BCUT2D eigenvalue weighted by atomic mass is 35.5. The summed E-state index contributed by atoms with van der Waals surface area (Å²) in [7, 11) is 0. The molecule has 0 fully saturated rings. The van der Waals surface area contributed by atoms with Crippen LogP contribution in [0.25, 0.3) is 0 Å². The summed E-state index contributed by atoms with van der Waals surface area (Å²) in [5.74, 6) is -0.708. The molecule has 0 aliphatic carbocycles. The minimum atomic E-state index is -0.708. The summed E-state index contributed by atoms with van der Waals surface area (Å²) >= 11 is 5.69. The number of rotatable bonds is 4. The van der Waals surface area contributed by atoms with Crippen LogP contribution < -0.4 is 0 Å². The second-order valence-corrected chi connectivity index (χ2v) is 3.77. The van der Waals surface area contributed by atoms with Crippen molar-refractivity contribution in [2.24, 2.45) is 0 Å². The van der Waals surface area contributed by atoms with E-state index >= 15 is 0 Å². The summed E-state index contributed by atoms with van der Waals surface area (Å²) in [5.41, 5.74) is -0.397. The second kappa shape index (κ2) is 5.58. The number of hydrogen-bond acceptors (Lipinski definition) is 5. The number of nitrogens with zero attached hydrogens (tertiary/aromatic N) is 2. The van der Waals surface area contributed by atoms with Crippen LogP contribution in [0.15, 0.2) is 12.3 Å². The number of ether oxygens (including phenoxy) is 1. The van der Waals surface area contributed by atoms with Gasteiger partial charge in [0, 0.05) is 6.07 Å². The first-order valence-electron chi connectivity index (χ1n) is 4.96. The third-order valence-electron chi connectivity index (χ3n) is 2.14. The fourth-order valence-electron chi connectivity index (χ4n) is 1.01. The molecule has 6 nitrogen and oxygen atoms in total. The van der Waals surface area contributed by atoms with E-state index < -0.39 is 10.9 Å². The molecule has 0 aliphatic heterocycles. The Morgan fingerprint density at radius 3 is 2.88 bits per heavy atom. The highest BCUT2D eigenvalue weighted by Crippen LogP contribution is 2.20. The van der Waals surface area contributed by atoms with Gasteiger partial charge in [-0.2, -0.15) is 0 Å². The summed E-state index contributed by atoms with van der Waals surface area (Å²) < 4.78 is 5.02. The lowest BCUT2D eigenvalue weighted by Crippen LogP contribution is -2.15. The van der Waals surface area contributed by atoms with Crippen molar-refractivity contribution in [1.82, 2.24) is 4.98 Å². The van der Waals surface area contributed by atoms with Crippen LogP contribution in [-0.4, -0.2) is 22.0 Å². The SMILES string of the molecule is CCC(C)OC(=O)c1cc([N+](=O)[O-])cnc1Cl. The highest BCUT2D eigenvalue weighted by Gasteiger charge is 2.19. The Morgan fingerprint density at radius 2 is 2.35 bits per heavy atom. The number of pyridine rings is 1. The third kappa shape index (κ3) is 3.39. The molecule has 17 heavy (non-hydrogen) atoms. The Hall–Kier alpha value is -1.69. The zero-order valence-corrected chi connectivity index (χ0v) is 10.1. The average molecular weight is 259 g/mol. The Morgan fingerprint density at radius 1 is 1.71 bits per heavy atom. The van der Waals surface area contributed by atoms with Gasteiger partial charge in [-0.25, -0.2) is 9.78 Å². The number of aromatic nitrogens is 1. The van der Waals surface area contributed by atoms with Gasteiger partial charge in [-0.05, 0) is 13.3 Å². The van der Waals surface area contributed by atoms with E-state index in [1.807, 2.05) is 6.92 Å². The Bertz CT molecular complexity index is 450. The van der Waals surface area contributed by atoms with Crippen LogP contribution in [0, 0.1) is 10.1 Å². The van der Waals surface area contributed by atoms with Gasteiger partial charge in [0.2, 0.25) is 0 Å². The molecule has 0 saturated heterocycles. The quantitative estimate of drug-likeness (QED) is 0.359. The van der Waals surface area contributed by atoms with Gasteiger partial charge in [-0.15, -0.1) is 0 Å². The van der Waals surface area contributed by atoms with E-state index in [1.54, 1.807) is 6.92 Å². The minimum absolute atomic E-state index is 0.0961. The van der Waals surface area contributed by atoms with Crippen molar-refractivity contribution in [3.63, 3.8) is 0 Å². The van der Waals surface area contributed by atoms with Crippen LogP contribution in [0.5, 0.6) is 0 Å². The van der Waals surface area contributed by atoms with Crippen LogP contribution in [0.1, 0.15) is 30.6 Å². The summed E-state index contributed by atoms with van der Waals surface area (Å²) in [5, 5.41) is 10.4. The van der Waals surface area contributed by atoms with Crippen molar-refractivity contribution >= 4 is 23.3 Å². The molecule has 0 spiro atoms. The van der Waals surface area contributed by atoms with E-state index in [9.17, 15) is 14.9 Å². The summed E-state index contributed by atoms with van der Waals surface area (Å²) in [4.78, 5) is 25.1. The summed E-state index contributed by atoms with van der Waals surface area (Å²) in [6.45, 7) is 3.57. The topological polar surface area (TPSA) is 82.3 Å². The smallest absolute Gasteiger partial charge is 0.341 e. The van der Waals surface area contributed by atoms with Crippen LogP contribution in [-0.2, 0) is 4.74 Å². The summed E-state index contributed by atoms with van der Waals surface area (Å²) in [6, 6.07) is 1.06. The molecular weight excluding hydrogens is 248 g/mol. The molecule has 7 heteroatoms. The number of halogens is 1. The molecular formula is C10H11ClN2O4. The fourth-order valence-corrected chi connectivity index (χ4v) is 1.19. The van der Waals surface area contributed by atoms with E-state index in [-0.39, 0.29) is 22.5 Å². The number of hydrogen-bond donors (Lipinski definition) is 0. The lowest BCUT2D eigenvalue weighted by atomic mass is 10.2. The number of carbonyl (C=O) groups excluding carboxylic acids is 1. The Labute approximate surface area is 103 Å². The van der Waals surface area contributed by atoms with Crippen LogP contribution in [0.2, 0.25) is 5.15 Å². The van der Waals surface area contributed by atoms with E-state index in [0.717, 1.165) is 12.3 Å². The van der Waals surface area contributed by atoms with Crippen LogP contribution in [0.4, 0.5) is 5.69 Å². The van der Waals surface area contributed by atoms with Crippen molar-refractivity contribution in [3.8, 4) is 0 Å². The van der Waals surface area contributed by atoms with E-state index in [2.05, 4.69) is 4.98 Å². The molecule has 0 amide bonds. The molecule has 0 bridgehead atoms. The van der Waals surface area contributed by atoms with Crippen molar-refractivity contribution in [1.29, 1.82) is 0 Å². The van der Waals surface area contributed by atoms with Crippen molar-refractivity contribution in [3.05, 3.63) is 33.1 Å². The first-order chi connectivity index (χ1) is 7.95. The first kappa shape index (κ1) is 13.4. The standard InChI is InChI=1S/C10H11ClN2O4/c1-3-6(2)17-10(14)8-4-7(13(15)16)5-12-9(8)11/h4-6H,3H2,1-2H3. The first-order valence-corrected chi connectivity index (χ1v) is 5.34. The third-order valence-corrected chi connectivity index (χ3v) is 2.44. The molecule has 92 valence electrons. The number of nitro groups is 1. The maximum Gasteiger partial charge on any atom is 0.341 e. The largest absolute Gasteiger partial charge is 0.459 e. The molecule has 1 aromatic rings. The van der Waals surface area contributed by atoms with E-state index in [4.69, 9.17) is 16.3 Å². The van der Waals surface area contributed by atoms with Gasteiger partial charge >= 0.3 is 5.97 Å². The predicted octanol–water partition coefficient (Wildman–Crippen LogP) is 2.60. The molecule has 0 aliphatic rings. The molecule has 0 aromatic carbocycles. The fraction of sp³-hybridized carbons (Fsp3) is 0.400. The predicted molar refractivity (Wildman–Crippen MR) is 61.1 cm³/mol. The van der Waals surface area contributed by atoms with Gasteiger partial charge in [-0.3, -0.25) is 10.1 Å². The molecule has 1 rings (SSSR count). The zero-order chi connectivity index (χ0) is 13.0. The molecule has 1 aromatic heterocycles. The van der Waals surface area contributed by atoms with E-state index in [1.165, 1.54) is 0 Å². The van der Waals surface area contributed by atoms with Gasteiger partial charge in [-0.1, -0.05) is 18.5 Å². The molecule has 0 N–H and O–H groups in total. The number of esters is 1. The van der Waals surface area contributed by atoms with E-state index in [0.29, 0.717) is 6.42 Å². The molecule has 1 unspecified atom stereocenters. The lowest BCUT2D eigenvalue weighted by Gasteiger charge is -2.10. The normalized spacial score (nSPS) is 11.9. The average Bonchev–Trinajstić information content (AvgIpc) is 2.28. The van der Waals surface area contributed by atoms with Crippen LogP contribution in [0.3, 0.4) is 0 Å². The Kier molecular flexibility index (Phi) is 4.39.